The summed E-state index contributed by atoms with van der Waals surface area (Å²) in [6, 6.07) is 9.21. The number of rotatable bonds is 2. The van der Waals surface area contributed by atoms with Crippen molar-refractivity contribution in [2.75, 3.05) is 0 Å². The topological polar surface area (TPSA) is 52.9 Å². The van der Waals surface area contributed by atoms with E-state index in [2.05, 4.69) is 5.32 Å². The third kappa shape index (κ3) is 2.96. The van der Waals surface area contributed by atoms with Crippen molar-refractivity contribution in [3.63, 3.8) is 0 Å². The Bertz CT molecular complexity index is 352. The predicted octanol–water partition coefficient (Wildman–Crippen LogP) is 1.19. The van der Waals surface area contributed by atoms with Crippen LogP contribution < -0.4 is 5.32 Å². The highest BCUT2D eigenvalue weighted by Gasteiger charge is 1.95. The Morgan fingerprint density at radius 2 is 2.38 bits per heavy atom. The molecule has 0 unspecified atom stereocenters. The molecule has 0 fully saturated rings. The van der Waals surface area contributed by atoms with Crippen LogP contribution in [0.4, 0.5) is 0 Å². The number of amides is 1. The minimum atomic E-state index is -0.0673. The first-order valence-electron chi connectivity index (χ1n) is 3.96. The summed E-state index contributed by atoms with van der Waals surface area (Å²) in [4.78, 5) is 10.6. The summed E-state index contributed by atoms with van der Waals surface area (Å²) in [7, 11) is 0. The number of benzene rings is 1. The van der Waals surface area contributed by atoms with Crippen molar-refractivity contribution in [3.8, 4) is 6.07 Å². The van der Waals surface area contributed by atoms with Gasteiger partial charge in [-0.3, -0.25) is 4.79 Å². The second-order valence-electron chi connectivity index (χ2n) is 2.72. The molecule has 0 saturated carbocycles. The molecular weight excluding hydrogens is 164 g/mol. The molecule has 13 heavy (non-hydrogen) atoms. The molecule has 66 valence electrons. The summed E-state index contributed by atoms with van der Waals surface area (Å²) < 4.78 is 0. The summed E-state index contributed by atoms with van der Waals surface area (Å²) in [6.45, 7) is 1.94. The van der Waals surface area contributed by atoms with Crippen molar-refractivity contribution >= 4 is 5.91 Å². The minimum Gasteiger partial charge on any atom is -0.352 e. The van der Waals surface area contributed by atoms with Crippen molar-refractivity contribution < 1.29 is 4.79 Å². The van der Waals surface area contributed by atoms with Gasteiger partial charge in [0.15, 0.2) is 0 Å². The molecule has 0 saturated heterocycles. The van der Waals surface area contributed by atoms with Crippen LogP contribution in [0.25, 0.3) is 0 Å². The van der Waals surface area contributed by atoms with Gasteiger partial charge in [-0.1, -0.05) is 12.1 Å². The van der Waals surface area contributed by atoms with Crippen LogP contribution in [0.1, 0.15) is 18.1 Å². The molecule has 0 spiro atoms. The van der Waals surface area contributed by atoms with Crippen molar-refractivity contribution in [3.05, 3.63) is 35.4 Å². The fourth-order valence-corrected chi connectivity index (χ4v) is 0.977. The quantitative estimate of drug-likeness (QED) is 0.732. The van der Waals surface area contributed by atoms with Crippen LogP contribution in [0.5, 0.6) is 0 Å². The maximum atomic E-state index is 10.6. The highest BCUT2D eigenvalue weighted by Crippen LogP contribution is 2.03. The Kier molecular flexibility index (Phi) is 3.04. The van der Waals surface area contributed by atoms with E-state index in [1.165, 1.54) is 6.92 Å². The molecule has 0 bridgehead atoms. The fraction of sp³-hybridized carbons (Fsp3) is 0.200. The molecule has 0 heterocycles. The first-order valence-corrected chi connectivity index (χ1v) is 3.96. The zero-order valence-corrected chi connectivity index (χ0v) is 7.37. The molecule has 0 atom stereocenters. The zero-order valence-electron chi connectivity index (χ0n) is 7.37. The van der Waals surface area contributed by atoms with Crippen molar-refractivity contribution in [1.29, 1.82) is 5.26 Å². The summed E-state index contributed by atoms with van der Waals surface area (Å²) >= 11 is 0. The van der Waals surface area contributed by atoms with Gasteiger partial charge in [0.2, 0.25) is 5.91 Å². The molecule has 1 aromatic carbocycles. The Labute approximate surface area is 77.0 Å². The van der Waals surface area contributed by atoms with Crippen molar-refractivity contribution in [2.24, 2.45) is 0 Å². The number of nitrogens with zero attached hydrogens (tertiary/aromatic N) is 1. The fourth-order valence-electron chi connectivity index (χ4n) is 0.977. The number of carbonyl (C=O) groups excluding carboxylic acids is 1. The van der Waals surface area contributed by atoms with Crippen molar-refractivity contribution in [2.45, 2.75) is 13.5 Å². The Balaban J connectivity index is 2.68. The molecule has 0 aliphatic heterocycles. The first kappa shape index (κ1) is 9.27. The average Bonchev–Trinajstić information content (AvgIpc) is 2.15. The SMILES string of the molecule is CC(=O)NCc1cccc(C#N)c1. The summed E-state index contributed by atoms with van der Waals surface area (Å²) in [5.74, 6) is -0.0673. The second kappa shape index (κ2) is 4.27. The van der Waals surface area contributed by atoms with Gasteiger partial charge < -0.3 is 5.32 Å². The van der Waals surface area contributed by atoms with Crippen molar-refractivity contribution in [1.82, 2.24) is 5.32 Å². The monoisotopic (exact) mass is 174 g/mol. The van der Waals surface area contributed by atoms with E-state index in [0.717, 1.165) is 5.56 Å². The number of nitrogens with one attached hydrogen (secondary N) is 1. The van der Waals surface area contributed by atoms with Crippen LogP contribution in [0.3, 0.4) is 0 Å². The zero-order chi connectivity index (χ0) is 9.68. The van der Waals surface area contributed by atoms with Gasteiger partial charge in [-0.25, -0.2) is 0 Å². The summed E-state index contributed by atoms with van der Waals surface area (Å²) in [6.07, 6.45) is 0. The molecule has 0 aliphatic carbocycles. The van der Waals surface area contributed by atoms with E-state index in [0.29, 0.717) is 12.1 Å². The van der Waals surface area contributed by atoms with E-state index in [9.17, 15) is 4.79 Å². The number of hydrogen-bond donors (Lipinski definition) is 1. The van der Waals surface area contributed by atoms with E-state index in [1.54, 1.807) is 18.2 Å². The van der Waals surface area contributed by atoms with E-state index in [4.69, 9.17) is 5.26 Å². The molecule has 1 rings (SSSR count). The van der Waals surface area contributed by atoms with Gasteiger partial charge >= 0.3 is 0 Å². The van der Waals surface area contributed by atoms with Crippen LogP contribution in [0, 0.1) is 11.3 Å². The lowest BCUT2D eigenvalue weighted by Gasteiger charge is -2.01. The highest BCUT2D eigenvalue weighted by molar-refractivity contribution is 5.72. The van der Waals surface area contributed by atoms with Gasteiger partial charge in [-0.2, -0.15) is 5.26 Å². The van der Waals surface area contributed by atoms with Gasteiger partial charge in [0.25, 0.3) is 0 Å². The third-order valence-corrected chi connectivity index (χ3v) is 1.60. The normalized spacial score (nSPS) is 8.92. The third-order valence-electron chi connectivity index (χ3n) is 1.60. The van der Waals surface area contributed by atoms with Crippen LogP contribution in [0.15, 0.2) is 24.3 Å². The average molecular weight is 174 g/mol. The van der Waals surface area contributed by atoms with E-state index < -0.39 is 0 Å². The smallest absolute Gasteiger partial charge is 0.217 e. The molecule has 1 N–H and O–H groups in total. The highest BCUT2D eigenvalue weighted by atomic mass is 16.1. The van der Waals surface area contributed by atoms with Crippen LogP contribution in [0.2, 0.25) is 0 Å². The lowest BCUT2D eigenvalue weighted by molar-refractivity contribution is -0.119. The summed E-state index contributed by atoms with van der Waals surface area (Å²) in [5.41, 5.74) is 1.55. The van der Waals surface area contributed by atoms with Gasteiger partial charge in [0.05, 0.1) is 11.6 Å². The molecule has 1 amide bonds. The van der Waals surface area contributed by atoms with E-state index in [1.807, 2.05) is 12.1 Å². The van der Waals surface area contributed by atoms with Gasteiger partial charge in [-0.15, -0.1) is 0 Å². The molecule has 0 radical (unpaired) electrons. The maximum Gasteiger partial charge on any atom is 0.217 e. The molecule has 0 aliphatic rings. The lowest BCUT2D eigenvalue weighted by Crippen LogP contribution is -2.18. The van der Waals surface area contributed by atoms with E-state index in [-0.39, 0.29) is 5.91 Å². The number of nitriles is 1. The molecule has 3 heteroatoms. The van der Waals surface area contributed by atoms with Crippen LogP contribution in [-0.4, -0.2) is 5.91 Å². The molecule has 0 aromatic heterocycles. The second-order valence-corrected chi connectivity index (χ2v) is 2.72. The predicted molar refractivity (Wildman–Crippen MR) is 48.7 cm³/mol. The standard InChI is InChI=1S/C10H10N2O/c1-8(13)12-7-10-4-2-3-9(5-10)6-11/h2-5H,7H2,1H3,(H,12,13). The first-order chi connectivity index (χ1) is 6.22. The molecule has 3 nitrogen and oxygen atoms in total. The Morgan fingerprint density at radius 3 is 3.00 bits per heavy atom. The van der Waals surface area contributed by atoms with Crippen LogP contribution >= 0.6 is 0 Å². The number of hydrogen-bond acceptors (Lipinski definition) is 2. The Morgan fingerprint density at radius 1 is 1.62 bits per heavy atom. The summed E-state index contributed by atoms with van der Waals surface area (Å²) in [5, 5.41) is 11.3. The number of carbonyl (C=O) groups is 1. The van der Waals surface area contributed by atoms with Gasteiger partial charge in [-0.05, 0) is 17.7 Å². The minimum absolute atomic E-state index is 0.0673. The lowest BCUT2D eigenvalue weighted by atomic mass is 10.1. The van der Waals surface area contributed by atoms with Gasteiger partial charge in [0.1, 0.15) is 0 Å². The van der Waals surface area contributed by atoms with E-state index >= 15 is 0 Å². The molecule has 1 aromatic rings. The molecular formula is C10H10N2O. The van der Waals surface area contributed by atoms with Gasteiger partial charge in [0, 0.05) is 13.5 Å². The van der Waals surface area contributed by atoms with Crippen LogP contribution in [-0.2, 0) is 11.3 Å². The largest absolute Gasteiger partial charge is 0.352 e. The Hall–Kier alpha value is -1.82. The maximum absolute atomic E-state index is 10.6.